The molecule has 0 unspecified atom stereocenters. The number of carbonyl (C=O) groups is 2. The zero-order chi connectivity index (χ0) is 20.3. The Morgan fingerprint density at radius 1 is 1.25 bits per heavy atom. The second-order valence-corrected chi connectivity index (χ2v) is 8.02. The van der Waals surface area contributed by atoms with E-state index in [9.17, 15) is 9.59 Å². The summed E-state index contributed by atoms with van der Waals surface area (Å²) in [6.45, 7) is 3.81. The maximum atomic E-state index is 12.6. The van der Waals surface area contributed by atoms with E-state index in [0.717, 1.165) is 21.5 Å². The smallest absolute Gasteiger partial charge is 0.358 e. The SMILES string of the molecule is COCc1nc(C(=O)OCC(=O)c2cc(C)n(-c3cccc(Br)c3)c2C)cs1. The first-order chi connectivity index (χ1) is 13.4. The van der Waals surface area contributed by atoms with Gasteiger partial charge in [-0.25, -0.2) is 9.78 Å². The molecule has 0 N–H and O–H groups in total. The lowest BCUT2D eigenvalue weighted by atomic mass is 10.1. The summed E-state index contributed by atoms with van der Waals surface area (Å²) >= 11 is 4.78. The van der Waals surface area contributed by atoms with Crippen molar-refractivity contribution in [3.8, 4) is 5.69 Å². The van der Waals surface area contributed by atoms with Gasteiger partial charge in [0.1, 0.15) is 5.01 Å². The van der Waals surface area contributed by atoms with E-state index in [-0.39, 0.29) is 18.1 Å². The molecular formula is C20H19BrN2O4S. The molecule has 3 rings (SSSR count). The quantitative estimate of drug-likeness (QED) is 0.381. The average molecular weight is 463 g/mol. The van der Waals surface area contributed by atoms with Crippen molar-refractivity contribution in [2.75, 3.05) is 13.7 Å². The minimum absolute atomic E-state index is 0.185. The number of ketones is 1. The van der Waals surface area contributed by atoms with Crippen LogP contribution in [0.15, 0.2) is 40.2 Å². The molecule has 0 saturated heterocycles. The van der Waals surface area contributed by atoms with Crippen molar-refractivity contribution < 1.29 is 19.1 Å². The standard InChI is InChI=1S/C20H19BrN2O4S/c1-12-7-16(13(2)23(12)15-6-4-5-14(21)8-15)18(24)9-27-20(25)17-11-28-19(22-17)10-26-3/h4-8,11H,9-10H2,1-3H3. The number of nitrogens with zero attached hydrogens (tertiary/aromatic N) is 2. The minimum Gasteiger partial charge on any atom is -0.453 e. The third kappa shape index (κ3) is 4.40. The Kier molecular flexibility index (Phi) is 6.43. The van der Waals surface area contributed by atoms with E-state index in [1.807, 2.05) is 48.7 Å². The maximum Gasteiger partial charge on any atom is 0.358 e. The number of methoxy groups -OCH3 is 1. The molecule has 0 radical (unpaired) electrons. The summed E-state index contributed by atoms with van der Waals surface area (Å²) in [5.74, 6) is -0.872. The number of aryl methyl sites for hydroxylation is 1. The highest BCUT2D eigenvalue weighted by Gasteiger charge is 2.19. The summed E-state index contributed by atoms with van der Waals surface area (Å²) in [6.07, 6.45) is 0. The molecule has 0 spiro atoms. The number of hydrogen-bond donors (Lipinski definition) is 0. The number of halogens is 1. The van der Waals surface area contributed by atoms with Crippen LogP contribution in [-0.4, -0.2) is 35.0 Å². The fourth-order valence-corrected chi connectivity index (χ4v) is 4.06. The number of carbonyl (C=O) groups excluding carboxylic acids is 2. The Bertz CT molecular complexity index is 1030. The van der Waals surface area contributed by atoms with Crippen LogP contribution in [0.2, 0.25) is 0 Å². The molecule has 6 nitrogen and oxygen atoms in total. The van der Waals surface area contributed by atoms with Gasteiger partial charge in [-0.3, -0.25) is 4.79 Å². The number of aromatic nitrogens is 2. The summed E-state index contributed by atoms with van der Waals surface area (Å²) in [4.78, 5) is 28.9. The van der Waals surface area contributed by atoms with Crippen LogP contribution in [0.5, 0.6) is 0 Å². The number of Topliss-reactive ketones (excluding diaryl/α,β-unsaturated/α-hetero) is 1. The van der Waals surface area contributed by atoms with Crippen molar-refractivity contribution in [2.45, 2.75) is 20.5 Å². The van der Waals surface area contributed by atoms with Gasteiger partial charge >= 0.3 is 5.97 Å². The number of hydrogen-bond acceptors (Lipinski definition) is 6. The van der Waals surface area contributed by atoms with Crippen LogP contribution >= 0.6 is 27.3 Å². The van der Waals surface area contributed by atoms with Crippen LogP contribution < -0.4 is 0 Å². The van der Waals surface area contributed by atoms with Crippen LogP contribution in [0.4, 0.5) is 0 Å². The fraction of sp³-hybridized carbons (Fsp3) is 0.250. The van der Waals surface area contributed by atoms with Gasteiger partial charge in [-0.15, -0.1) is 11.3 Å². The van der Waals surface area contributed by atoms with E-state index in [2.05, 4.69) is 20.9 Å². The van der Waals surface area contributed by atoms with Gasteiger partial charge in [-0.1, -0.05) is 22.0 Å². The molecule has 0 atom stereocenters. The molecule has 0 fully saturated rings. The fourth-order valence-electron chi connectivity index (χ4n) is 2.93. The van der Waals surface area contributed by atoms with Crippen LogP contribution in [0.25, 0.3) is 5.69 Å². The molecule has 146 valence electrons. The number of rotatable bonds is 7. The molecule has 0 aliphatic carbocycles. The third-order valence-electron chi connectivity index (χ3n) is 4.16. The first-order valence-corrected chi connectivity index (χ1v) is 10.2. The molecule has 8 heteroatoms. The number of esters is 1. The van der Waals surface area contributed by atoms with E-state index in [1.165, 1.54) is 11.3 Å². The van der Waals surface area contributed by atoms with Gasteiger partial charge in [-0.05, 0) is 38.1 Å². The van der Waals surface area contributed by atoms with Crippen molar-refractivity contribution in [2.24, 2.45) is 0 Å². The number of benzene rings is 1. The molecule has 2 heterocycles. The van der Waals surface area contributed by atoms with E-state index in [0.29, 0.717) is 17.2 Å². The van der Waals surface area contributed by atoms with Crippen molar-refractivity contribution >= 4 is 39.0 Å². The van der Waals surface area contributed by atoms with Crippen LogP contribution in [-0.2, 0) is 16.1 Å². The monoisotopic (exact) mass is 462 g/mol. The van der Waals surface area contributed by atoms with Crippen LogP contribution in [0, 0.1) is 13.8 Å². The van der Waals surface area contributed by atoms with Gasteiger partial charge in [0.2, 0.25) is 5.78 Å². The summed E-state index contributed by atoms with van der Waals surface area (Å²) in [7, 11) is 1.56. The van der Waals surface area contributed by atoms with Crippen molar-refractivity contribution in [3.63, 3.8) is 0 Å². The predicted molar refractivity (Wildman–Crippen MR) is 110 cm³/mol. The van der Waals surface area contributed by atoms with Gasteiger partial charge in [0.05, 0.1) is 6.61 Å². The number of thiazole rings is 1. The van der Waals surface area contributed by atoms with Crippen LogP contribution in [0.3, 0.4) is 0 Å². The lowest BCUT2D eigenvalue weighted by Gasteiger charge is -2.10. The Balaban J connectivity index is 1.72. The van der Waals surface area contributed by atoms with Crippen LogP contribution in [0.1, 0.15) is 37.2 Å². The van der Waals surface area contributed by atoms with E-state index < -0.39 is 5.97 Å². The first-order valence-electron chi connectivity index (χ1n) is 8.49. The van der Waals surface area contributed by atoms with Gasteiger partial charge in [0, 0.05) is 39.6 Å². The highest BCUT2D eigenvalue weighted by molar-refractivity contribution is 9.10. The van der Waals surface area contributed by atoms with Gasteiger partial charge in [0.25, 0.3) is 0 Å². The van der Waals surface area contributed by atoms with Crippen molar-refractivity contribution in [1.29, 1.82) is 0 Å². The lowest BCUT2D eigenvalue weighted by molar-refractivity contribution is 0.0469. The van der Waals surface area contributed by atoms with Gasteiger partial charge in [-0.2, -0.15) is 0 Å². The molecule has 0 saturated carbocycles. The van der Waals surface area contributed by atoms with Crippen molar-refractivity contribution in [3.05, 3.63) is 67.8 Å². The second-order valence-electron chi connectivity index (χ2n) is 6.16. The molecule has 3 aromatic rings. The Labute approximate surface area is 175 Å². The second kappa shape index (κ2) is 8.81. The highest BCUT2D eigenvalue weighted by atomic mass is 79.9. The van der Waals surface area contributed by atoms with Gasteiger partial charge in [0.15, 0.2) is 12.3 Å². The molecule has 0 aliphatic rings. The summed E-state index contributed by atoms with van der Waals surface area (Å²) in [6, 6.07) is 9.64. The molecular weight excluding hydrogens is 444 g/mol. The zero-order valence-corrected chi connectivity index (χ0v) is 18.1. The summed E-state index contributed by atoms with van der Waals surface area (Å²) in [5.41, 5.74) is 3.39. The average Bonchev–Trinajstić information content (AvgIpc) is 3.24. The minimum atomic E-state index is -0.618. The van der Waals surface area contributed by atoms with E-state index in [4.69, 9.17) is 9.47 Å². The van der Waals surface area contributed by atoms with E-state index >= 15 is 0 Å². The highest BCUT2D eigenvalue weighted by Crippen LogP contribution is 2.23. The van der Waals surface area contributed by atoms with Gasteiger partial charge < -0.3 is 14.0 Å². The Morgan fingerprint density at radius 3 is 2.75 bits per heavy atom. The molecule has 2 aromatic heterocycles. The molecule has 28 heavy (non-hydrogen) atoms. The molecule has 0 aliphatic heterocycles. The first kappa shape index (κ1) is 20.4. The lowest BCUT2D eigenvalue weighted by Crippen LogP contribution is -2.15. The predicted octanol–water partition coefficient (Wildman–Crippen LogP) is 4.50. The zero-order valence-electron chi connectivity index (χ0n) is 15.7. The van der Waals surface area contributed by atoms with E-state index in [1.54, 1.807) is 12.5 Å². The van der Waals surface area contributed by atoms with Crippen molar-refractivity contribution in [1.82, 2.24) is 9.55 Å². The number of ether oxygens (including phenoxy) is 2. The third-order valence-corrected chi connectivity index (χ3v) is 5.48. The molecule has 0 bridgehead atoms. The topological polar surface area (TPSA) is 70.4 Å². The summed E-state index contributed by atoms with van der Waals surface area (Å²) in [5, 5.41) is 2.28. The normalized spacial score (nSPS) is 10.9. The molecule has 1 aromatic carbocycles. The summed E-state index contributed by atoms with van der Waals surface area (Å²) < 4.78 is 13.1. The maximum absolute atomic E-state index is 12.6. The largest absolute Gasteiger partial charge is 0.453 e. The molecule has 0 amide bonds. The Morgan fingerprint density at radius 2 is 2.04 bits per heavy atom. The Hall–Kier alpha value is -2.29.